The minimum atomic E-state index is -0.711. The van der Waals surface area contributed by atoms with Crippen LogP contribution in [-0.4, -0.2) is 44.1 Å². The molecule has 5 rings (SSSR count). The van der Waals surface area contributed by atoms with E-state index in [2.05, 4.69) is 0 Å². The van der Waals surface area contributed by atoms with Crippen LogP contribution in [0.5, 0.6) is 17.2 Å². The highest BCUT2D eigenvalue weighted by molar-refractivity contribution is 6.31. The lowest BCUT2D eigenvalue weighted by atomic mass is 9.98. The van der Waals surface area contributed by atoms with Gasteiger partial charge >= 0.3 is 0 Å². The Morgan fingerprint density at radius 2 is 1.74 bits per heavy atom. The average molecular weight is 549 g/mol. The standard InChI is InChI=1S/C29H25ClN2O7/c1-36-22-9-3-16(13-23(22)37-2)11-12-32-26(17-4-7-19(8-5-17)38-15-24(31)33)25-27(34)20-14-18(30)6-10-21(20)39-28(25)29(32)35/h3-10,13-14,26H,11-12,15H2,1-2H3,(H2,31,33). The molecule has 4 aromatic rings. The number of nitrogens with two attached hydrogens (primary N) is 1. The monoisotopic (exact) mass is 548 g/mol. The Bertz CT molecular complexity index is 1630. The van der Waals surface area contributed by atoms with Crippen LogP contribution in [0.25, 0.3) is 11.0 Å². The van der Waals surface area contributed by atoms with Crippen LogP contribution in [0.1, 0.15) is 33.3 Å². The van der Waals surface area contributed by atoms with Gasteiger partial charge in [-0.25, -0.2) is 0 Å². The summed E-state index contributed by atoms with van der Waals surface area (Å²) in [4.78, 5) is 40.1. The maximum atomic E-state index is 13.7. The van der Waals surface area contributed by atoms with Crippen LogP contribution in [0, 0.1) is 0 Å². The topological polar surface area (TPSA) is 121 Å². The second-order valence-electron chi connectivity index (χ2n) is 8.98. The molecule has 0 aliphatic carbocycles. The fraction of sp³-hybridized carbons (Fsp3) is 0.207. The minimum absolute atomic E-state index is 0.00110. The molecular weight excluding hydrogens is 524 g/mol. The summed E-state index contributed by atoms with van der Waals surface area (Å²) < 4.78 is 22.1. The SMILES string of the molecule is COc1ccc(CCN2C(=O)c3oc4ccc(Cl)cc4c(=O)c3C2c2ccc(OCC(N)=O)cc2)cc1OC. The number of benzene rings is 3. The van der Waals surface area contributed by atoms with E-state index in [1.807, 2.05) is 12.1 Å². The lowest BCUT2D eigenvalue weighted by Gasteiger charge is -2.25. The van der Waals surface area contributed by atoms with E-state index in [1.54, 1.807) is 61.6 Å². The molecule has 39 heavy (non-hydrogen) atoms. The highest BCUT2D eigenvalue weighted by Crippen LogP contribution is 2.39. The predicted molar refractivity (Wildman–Crippen MR) is 145 cm³/mol. The van der Waals surface area contributed by atoms with Crippen molar-refractivity contribution >= 4 is 34.4 Å². The van der Waals surface area contributed by atoms with Crippen LogP contribution >= 0.6 is 11.6 Å². The number of fused-ring (bicyclic) bond motifs is 2. The molecule has 9 nitrogen and oxygen atoms in total. The number of hydrogen-bond acceptors (Lipinski definition) is 7. The van der Waals surface area contributed by atoms with Crippen molar-refractivity contribution in [3.63, 3.8) is 0 Å². The summed E-state index contributed by atoms with van der Waals surface area (Å²) in [6.45, 7) is 0.0253. The number of methoxy groups -OCH3 is 2. The number of carbonyl (C=O) groups excluding carboxylic acids is 2. The Balaban J connectivity index is 1.55. The van der Waals surface area contributed by atoms with Crippen molar-refractivity contribution in [3.05, 3.63) is 98.4 Å². The molecule has 0 saturated heterocycles. The summed E-state index contributed by atoms with van der Waals surface area (Å²) in [5.41, 5.74) is 6.96. The summed E-state index contributed by atoms with van der Waals surface area (Å²) in [7, 11) is 3.12. The molecular formula is C29H25ClN2O7. The number of amides is 2. The zero-order chi connectivity index (χ0) is 27.7. The van der Waals surface area contributed by atoms with Crippen molar-refractivity contribution in [1.29, 1.82) is 0 Å². The first-order valence-electron chi connectivity index (χ1n) is 12.1. The van der Waals surface area contributed by atoms with Crippen LogP contribution in [0.2, 0.25) is 5.02 Å². The Kier molecular flexibility index (Phi) is 7.17. The summed E-state index contributed by atoms with van der Waals surface area (Å²) in [5.74, 6) is 0.617. The molecule has 2 N–H and O–H groups in total. The molecule has 0 spiro atoms. The number of rotatable bonds is 9. The van der Waals surface area contributed by atoms with E-state index in [0.717, 1.165) is 5.56 Å². The van der Waals surface area contributed by atoms with Crippen molar-refractivity contribution < 1.29 is 28.2 Å². The molecule has 1 atom stereocenters. The third-order valence-corrected chi connectivity index (χ3v) is 6.83. The molecule has 200 valence electrons. The fourth-order valence-corrected chi connectivity index (χ4v) is 4.93. The Morgan fingerprint density at radius 3 is 2.44 bits per heavy atom. The van der Waals surface area contributed by atoms with Gasteiger partial charge in [0.1, 0.15) is 11.3 Å². The van der Waals surface area contributed by atoms with E-state index in [4.69, 9.17) is 36.0 Å². The molecule has 10 heteroatoms. The van der Waals surface area contributed by atoms with Crippen molar-refractivity contribution in [2.75, 3.05) is 27.4 Å². The van der Waals surface area contributed by atoms with E-state index in [1.165, 1.54) is 6.07 Å². The second kappa shape index (κ2) is 10.7. The lowest BCUT2D eigenvalue weighted by Crippen LogP contribution is -2.31. The molecule has 2 amide bonds. The van der Waals surface area contributed by atoms with Crippen molar-refractivity contribution in [2.24, 2.45) is 5.73 Å². The van der Waals surface area contributed by atoms with Crippen LogP contribution < -0.4 is 25.4 Å². The first-order chi connectivity index (χ1) is 18.8. The number of carbonyl (C=O) groups is 2. The van der Waals surface area contributed by atoms with Crippen molar-refractivity contribution in [3.8, 4) is 17.2 Å². The van der Waals surface area contributed by atoms with Gasteiger partial charge in [-0.2, -0.15) is 0 Å². The summed E-state index contributed by atoms with van der Waals surface area (Å²) in [5, 5.41) is 0.680. The van der Waals surface area contributed by atoms with E-state index < -0.39 is 17.9 Å². The van der Waals surface area contributed by atoms with E-state index in [0.29, 0.717) is 46.2 Å². The van der Waals surface area contributed by atoms with Gasteiger partial charge in [-0.3, -0.25) is 14.4 Å². The smallest absolute Gasteiger partial charge is 0.290 e. The van der Waals surface area contributed by atoms with Gasteiger partial charge in [-0.15, -0.1) is 0 Å². The maximum absolute atomic E-state index is 13.7. The Hall–Kier alpha value is -4.50. The van der Waals surface area contributed by atoms with Crippen LogP contribution in [0.15, 0.2) is 69.9 Å². The largest absolute Gasteiger partial charge is 0.493 e. The molecule has 1 aliphatic heterocycles. The van der Waals surface area contributed by atoms with Crippen LogP contribution in [0.3, 0.4) is 0 Å². The molecule has 0 saturated carbocycles. The van der Waals surface area contributed by atoms with E-state index in [-0.39, 0.29) is 28.9 Å². The van der Waals surface area contributed by atoms with Crippen molar-refractivity contribution in [2.45, 2.75) is 12.5 Å². The van der Waals surface area contributed by atoms with Gasteiger partial charge in [0.2, 0.25) is 5.76 Å². The molecule has 1 aliphatic rings. The number of nitrogens with zero attached hydrogens (tertiary/aromatic N) is 1. The summed E-state index contributed by atoms with van der Waals surface area (Å²) in [6, 6.07) is 16.4. The Labute approximate surface area is 228 Å². The van der Waals surface area contributed by atoms with Gasteiger partial charge in [0.15, 0.2) is 23.5 Å². The lowest BCUT2D eigenvalue weighted by molar-refractivity contribution is -0.119. The highest BCUT2D eigenvalue weighted by Gasteiger charge is 2.42. The molecule has 0 radical (unpaired) electrons. The third-order valence-electron chi connectivity index (χ3n) is 6.59. The normalized spacial score (nSPS) is 14.4. The van der Waals surface area contributed by atoms with E-state index >= 15 is 0 Å². The van der Waals surface area contributed by atoms with E-state index in [9.17, 15) is 14.4 Å². The number of hydrogen-bond donors (Lipinski definition) is 1. The molecule has 1 unspecified atom stereocenters. The molecule has 0 fully saturated rings. The van der Waals surface area contributed by atoms with Gasteiger partial charge < -0.3 is 29.3 Å². The minimum Gasteiger partial charge on any atom is -0.493 e. The fourth-order valence-electron chi connectivity index (χ4n) is 4.76. The van der Waals surface area contributed by atoms with Crippen LogP contribution in [-0.2, 0) is 11.2 Å². The number of halogens is 1. The average Bonchev–Trinajstić information content (AvgIpc) is 3.22. The highest BCUT2D eigenvalue weighted by atomic mass is 35.5. The molecule has 1 aromatic heterocycles. The van der Waals surface area contributed by atoms with Gasteiger partial charge in [0.05, 0.1) is 31.2 Å². The zero-order valence-corrected chi connectivity index (χ0v) is 22.0. The molecule has 0 bridgehead atoms. The second-order valence-corrected chi connectivity index (χ2v) is 9.42. The maximum Gasteiger partial charge on any atom is 0.290 e. The third kappa shape index (κ3) is 5.00. The van der Waals surface area contributed by atoms with Gasteiger partial charge in [0, 0.05) is 11.6 Å². The van der Waals surface area contributed by atoms with Crippen LogP contribution in [0.4, 0.5) is 0 Å². The van der Waals surface area contributed by atoms with Gasteiger partial charge in [-0.1, -0.05) is 29.8 Å². The predicted octanol–water partition coefficient (Wildman–Crippen LogP) is 4.12. The van der Waals surface area contributed by atoms with Gasteiger partial charge in [0.25, 0.3) is 11.8 Å². The number of primary amides is 1. The Morgan fingerprint density at radius 1 is 1.00 bits per heavy atom. The zero-order valence-electron chi connectivity index (χ0n) is 21.2. The summed E-state index contributed by atoms with van der Waals surface area (Å²) in [6.07, 6.45) is 0.482. The van der Waals surface area contributed by atoms with Gasteiger partial charge in [-0.05, 0) is 60.0 Å². The first kappa shape index (κ1) is 26.1. The molecule has 3 aromatic carbocycles. The number of ether oxygens (including phenoxy) is 3. The quantitative estimate of drug-likeness (QED) is 0.334. The van der Waals surface area contributed by atoms with Crippen molar-refractivity contribution in [1.82, 2.24) is 4.90 Å². The first-order valence-corrected chi connectivity index (χ1v) is 12.5. The molecule has 2 heterocycles. The summed E-state index contributed by atoms with van der Waals surface area (Å²) >= 11 is 6.16.